The van der Waals surface area contributed by atoms with Crippen LogP contribution >= 0.6 is 0 Å². The molecule has 122 valence electrons. The molecule has 0 spiro atoms. The highest BCUT2D eigenvalue weighted by Crippen LogP contribution is 2.31. The van der Waals surface area contributed by atoms with Crippen LogP contribution in [-0.2, 0) is 4.74 Å². The van der Waals surface area contributed by atoms with Crippen LogP contribution in [-0.4, -0.2) is 30.9 Å². The van der Waals surface area contributed by atoms with E-state index in [9.17, 15) is 4.79 Å². The fourth-order valence-electron chi connectivity index (χ4n) is 2.47. The first-order valence-electron chi connectivity index (χ1n) is 7.80. The molecular weight excluding hydrogens is 280 g/mol. The Morgan fingerprint density at radius 3 is 2.86 bits per heavy atom. The van der Waals surface area contributed by atoms with Crippen molar-refractivity contribution in [3.63, 3.8) is 0 Å². The maximum Gasteiger partial charge on any atom is 0.407 e. The van der Waals surface area contributed by atoms with Crippen molar-refractivity contribution in [3.05, 3.63) is 29.8 Å². The smallest absolute Gasteiger partial charge is 0.407 e. The van der Waals surface area contributed by atoms with Crippen molar-refractivity contribution in [2.75, 3.05) is 13.2 Å². The second kappa shape index (κ2) is 7.01. The first kappa shape index (κ1) is 16.6. The number of rotatable bonds is 4. The third-order valence-electron chi connectivity index (χ3n) is 3.40. The van der Waals surface area contributed by atoms with E-state index in [1.807, 2.05) is 39.0 Å². The van der Waals surface area contributed by atoms with Gasteiger partial charge in [-0.25, -0.2) is 4.79 Å². The first-order chi connectivity index (χ1) is 10.3. The molecule has 5 heteroatoms. The van der Waals surface area contributed by atoms with Gasteiger partial charge in [-0.05, 0) is 33.8 Å². The van der Waals surface area contributed by atoms with Gasteiger partial charge in [0, 0.05) is 30.6 Å². The molecule has 0 radical (unpaired) electrons. The van der Waals surface area contributed by atoms with Gasteiger partial charge in [0.05, 0.1) is 6.61 Å². The first-order valence-corrected chi connectivity index (χ1v) is 7.80. The zero-order valence-electron chi connectivity index (χ0n) is 13.8. The average molecular weight is 306 g/mol. The molecule has 1 aliphatic heterocycles. The minimum Gasteiger partial charge on any atom is -0.493 e. The summed E-state index contributed by atoms with van der Waals surface area (Å²) in [6, 6.07) is 8.47. The molecule has 0 saturated carbocycles. The zero-order chi connectivity index (χ0) is 16.2. The van der Waals surface area contributed by atoms with Crippen molar-refractivity contribution in [2.45, 2.75) is 51.8 Å². The van der Waals surface area contributed by atoms with Gasteiger partial charge in [0.15, 0.2) is 0 Å². The highest BCUT2D eigenvalue weighted by atomic mass is 16.6. The Morgan fingerprint density at radius 2 is 2.14 bits per heavy atom. The fraction of sp³-hybridized carbons (Fsp3) is 0.588. The Labute approximate surface area is 132 Å². The second-order valence-electron chi connectivity index (χ2n) is 6.68. The van der Waals surface area contributed by atoms with Crippen molar-refractivity contribution in [3.8, 4) is 5.75 Å². The lowest BCUT2D eigenvalue weighted by Gasteiger charge is -2.29. The Balaban J connectivity index is 1.83. The fourth-order valence-corrected chi connectivity index (χ4v) is 2.47. The van der Waals surface area contributed by atoms with Crippen LogP contribution in [0.25, 0.3) is 0 Å². The van der Waals surface area contributed by atoms with Crippen LogP contribution in [0.4, 0.5) is 4.79 Å². The second-order valence-corrected chi connectivity index (χ2v) is 6.68. The third-order valence-corrected chi connectivity index (χ3v) is 3.40. The van der Waals surface area contributed by atoms with Crippen LogP contribution in [0.15, 0.2) is 24.3 Å². The van der Waals surface area contributed by atoms with Crippen LogP contribution in [0.3, 0.4) is 0 Å². The number of hydrogen-bond acceptors (Lipinski definition) is 4. The standard InChI is InChI=1S/C17H26N2O3/c1-12(11-18-16(20)22-17(2,3)4)19-14-9-10-21-15-8-6-5-7-13(14)15/h5-8,12,14,19H,9-11H2,1-4H3,(H,18,20). The maximum absolute atomic E-state index is 11.7. The molecule has 0 aliphatic carbocycles. The summed E-state index contributed by atoms with van der Waals surface area (Å²) in [7, 11) is 0. The van der Waals surface area contributed by atoms with Crippen LogP contribution < -0.4 is 15.4 Å². The van der Waals surface area contributed by atoms with Crippen LogP contribution in [0.2, 0.25) is 0 Å². The van der Waals surface area contributed by atoms with Gasteiger partial charge in [-0.2, -0.15) is 0 Å². The number of amides is 1. The molecule has 0 fully saturated rings. The van der Waals surface area contributed by atoms with E-state index in [4.69, 9.17) is 9.47 Å². The summed E-state index contributed by atoms with van der Waals surface area (Å²) >= 11 is 0. The predicted octanol–water partition coefficient (Wildman–Crippen LogP) is 3.01. The number of carbonyl (C=O) groups excluding carboxylic acids is 1. The summed E-state index contributed by atoms with van der Waals surface area (Å²) in [4.78, 5) is 11.7. The van der Waals surface area contributed by atoms with Gasteiger partial charge in [-0.3, -0.25) is 0 Å². The highest BCUT2D eigenvalue weighted by Gasteiger charge is 2.22. The van der Waals surface area contributed by atoms with Crippen molar-refractivity contribution in [1.29, 1.82) is 0 Å². The van der Waals surface area contributed by atoms with E-state index >= 15 is 0 Å². The summed E-state index contributed by atoms with van der Waals surface area (Å²) in [6.45, 7) is 8.85. The number of nitrogens with one attached hydrogen (secondary N) is 2. The van der Waals surface area contributed by atoms with E-state index in [2.05, 4.69) is 23.6 Å². The normalized spacial score (nSPS) is 18.8. The van der Waals surface area contributed by atoms with E-state index < -0.39 is 5.60 Å². The number of fused-ring (bicyclic) bond motifs is 1. The van der Waals surface area contributed by atoms with Crippen molar-refractivity contribution >= 4 is 6.09 Å². The lowest BCUT2D eigenvalue weighted by atomic mass is 10.00. The molecule has 2 N–H and O–H groups in total. The summed E-state index contributed by atoms with van der Waals surface area (Å²) < 4.78 is 10.9. The van der Waals surface area contributed by atoms with E-state index in [1.54, 1.807) is 0 Å². The lowest BCUT2D eigenvalue weighted by Crippen LogP contribution is -2.43. The minimum absolute atomic E-state index is 0.142. The van der Waals surface area contributed by atoms with Gasteiger partial charge in [-0.1, -0.05) is 18.2 Å². The van der Waals surface area contributed by atoms with Gasteiger partial charge in [0.2, 0.25) is 0 Å². The Morgan fingerprint density at radius 1 is 1.41 bits per heavy atom. The van der Waals surface area contributed by atoms with Gasteiger partial charge in [0.25, 0.3) is 0 Å². The molecule has 22 heavy (non-hydrogen) atoms. The van der Waals surface area contributed by atoms with Crippen molar-refractivity contribution < 1.29 is 14.3 Å². The number of hydrogen-bond donors (Lipinski definition) is 2. The predicted molar refractivity (Wildman–Crippen MR) is 86.1 cm³/mol. The molecule has 2 rings (SSSR count). The van der Waals surface area contributed by atoms with Gasteiger partial charge >= 0.3 is 6.09 Å². The summed E-state index contributed by atoms with van der Waals surface area (Å²) in [6.07, 6.45) is 0.543. The topological polar surface area (TPSA) is 59.6 Å². The minimum atomic E-state index is -0.472. The molecule has 0 bridgehead atoms. The Kier molecular flexibility index (Phi) is 5.29. The quantitative estimate of drug-likeness (QED) is 0.898. The van der Waals surface area contributed by atoms with Crippen molar-refractivity contribution in [2.24, 2.45) is 0 Å². The van der Waals surface area contributed by atoms with Crippen LogP contribution in [0, 0.1) is 0 Å². The average Bonchev–Trinajstić information content (AvgIpc) is 2.44. The Hall–Kier alpha value is -1.75. The molecule has 1 aromatic carbocycles. The summed E-state index contributed by atoms with van der Waals surface area (Å²) in [5.74, 6) is 0.943. The molecule has 1 amide bonds. The molecule has 0 saturated heterocycles. The van der Waals surface area contributed by atoms with Crippen LogP contribution in [0.5, 0.6) is 5.75 Å². The van der Waals surface area contributed by atoms with E-state index in [0.29, 0.717) is 13.2 Å². The summed E-state index contributed by atoms with van der Waals surface area (Å²) in [5.41, 5.74) is 0.707. The summed E-state index contributed by atoms with van der Waals surface area (Å²) in [5, 5.41) is 6.34. The maximum atomic E-state index is 11.7. The molecule has 1 heterocycles. The monoisotopic (exact) mass is 306 g/mol. The number of ether oxygens (including phenoxy) is 2. The molecule has 2 unspecified atom stereocenters. The van der Waals surface area contributed by atoms with E-state index in [-0.39, 0.29) is 18.2 Å². The van der Waals surface area contributed by atoms with Gasteiger partial charge < -0.3 is 20.1 Å². The van der Waals surface area contributed by atoms with Crippen LogP contribution in [0.1, 0.15) is 45.7 Å². The van der Waals surface area contributed by atoms with Gasteiger partial charge in [-0.15, -0.1) is 0 Å². The van der Waals surface area contributed by atoms with Gasteiger partial charge in [0.1, 0.15) is 11.4 Å². The van der Waals surface area contributed by atoms with Crippen molar-refractivity contribution in [1.82, 2.24) is 10.6 Å². The lowest BCUT2D eigenvalue weighted by molar-refractivity contribution is 0.0522. The molecule has 0 aromatic heterocycles. The zero-order valence-corrected chi connectivity index (χ0v) is 13.8. The largest absolute Gasteiger partial charge is 0.493 e. The molecule has 5 nitrogen and oxygen atoms in total. The number of alkyl carbamates (subject to hydrolysis) is 1. The molecular formula is C17H26N2O3. The molecule has 1 aliphatic rings. The van der Waals surface area contributed by atoms with E-state index in [0.717, 1.165) is 12.2 Å². The number of carbonyl (C=O) groups is 1. The number of benzene rings is 1. The molecule has 1 aromatic rings. The number of para-hydroxylation sites is 1. The highest BCUT2D eigenvalue weighted by molar-refractivity contribution is 5.67. The SMILES string of the molecule is CC(CNC(=O)OC(C)(C)C)NC1CCOc2ccccc21. The molecule has 2 atom stereocenters. The van der Waals surface area contributed by atoms with E-state index in [1.165, 1.54) is 5.56 Å². The third kappa shape index (κ3) is 4.91. The Bertz CT molecular complexity index is 511.